The molecule has 4 unspecified atom stereocenters. The molecule has 5 heteroatoms. The normalized spacial score (nSPS) is 25.9. The quantitative estimate of drug-likeness (QED) is 0.765. The average Bonchev–Trinajstić information content (AvgIpc) is 2.92. The van der Waals surface area contributed by atoms with E-state index in [1.54, 1.807) is 25.8 Å². The lowest BCUT2D eigenvalue weighted by Crippen LogP contribution is -2.46. The summed E-state index contributed by atoms with van der Waals surface area (Å²) in [5, 5.41) is 11.5. The number of aliphatic carboxylic acids is 1. The van der Waals surface area contributed by atoms with Crippen molar-refractivity contribution in [3.63, 3.8) is 0 Å². The van der Waals surface area contributed by atoms with Crippen LogP contribution in [0.15, 0.2) is 0 Å². The predicted molar refractivity (Wildman–Crippen MR) is 64.7 cm³/mol. The van der Waals surface area contributed by atoms with Crippen LogP contribution in [0.1, 0.15) is 27.2 Å². The Kier molecular flexibility index (Phi) is 4.37. The van der Waals surface area contributed by atoms with Crippen LogP contribution in [-0.4, -0.2) is 41.6 Å². The van der Waals surface area contributed by atoms with Crippen LogP contribution in [-0.2, 0) is 4.79 Å². The SMILES string of the molecule is CC1CC1CN(C)C(=O)NC(C)C(C)C(=O)O. The number of carboxylic acid groups (broad SMARTS) is 1. The molecule has 2 N–H and O–H groups in total. The third-order valence-corrected chi connectivity index (χ3v) is 3.62. The second-order valence-electron chi connectivity index (χ2n) is 5.22. The van der Waals surface area contributed by atoms with Gasteiger partial charge in [0.1, 0.15) is 0 Å². The van der Waals surface area contributed by atoms with E-state index < -0.39 is 11.9 Å². The number of hydrogen-bond donors (Lipinski definition) is 2. The Morgan fingerprint density at radius 3 is 2.41 bits per heavy atom. The summed E-state index contributed by atoms with van der Waals surface area (Å²) in [5.41, 5.74) is 0. The number of carbonyl (C=O) groups is 2. The summed E-state index contributed by atoms with van der Waals surface area (Å²) in [7, 11) is 1.75. The van der Waals surface area contributed by atoms with Crippen LogP contribution in [0.2, 0.25) is 0 Å². The summed E-state index contributed by atoms with van der Waals surface area (Å²) >= 11 is 0. The van der Waals surface area contributed by atoms with Gasteiger partial charge in [0.2, 0.25) is 0 Å². The maximum absolute atomic E-state index is 11.8. The first kappa shape index (κ1) is 13.8. The Bertz CT molecular complexity index is 306. The van der Waals surface area contributed by atoms with Gasteiger partial charge in [-0.1, -0.05) is 6.92 Å². The standard InChI is InChI=1S/C12H22N2O3/c1-7-5-10(7)6-14(4)12(17)13-9(3)8(2)11(15)16/h7-10H,5-6H2,1-4H3,(H,13,17)(H,15,16). The number of amides is 2. The molecule has 1 fully saturated rings. The molecule has 0 aromatic rings. The van der Waals surface area contributed by atoms with Gasteiger partial charge in [0.25, 0.3) is 0 Å². The molecule has 0 aromatic heterocycles. The molecule has 1 aliphatic carbocycles. The number of urea groups is 1. The molecular weight excluding hydrogens is 220 g/mol. The molecule has 0 radical (unpaired) electrons. The molecule has 2 amide bonds. The molecule has 1 aliphatic rings. The second-order valence-corrected chi connectivity index (χ2v) is 5.22. The Balaban J connectivity index is 2.34. The molecule has 1 saturated carbocycles. The molecular formula is C12H22N2O3. The van der Waals surface area contributed by atoms with Crippen LogP contribution in [0.5, 0.6) is 0 Å². The van der Waals surface area contributed by atoms with Crippen LogP contribution in [0.4, 0.5) is 4.79 Å². The van der Waals surface area contributed by atoms with Gasteiger partial charge in [0.15, 0.2) is 0 Å². The van der Waals surface area contributed by atoms with Crippen LogP contribution in [0, 0.1) is 17.8 Å². The Morgan fingerprint density at radius 2 is 2.00 bits per heavy atom. The summed E-state index contributed by atoms with van der Waals surface area (Å²) in [6.07, 6.45) is 1.18. The molecule has 5 nitrogen and oxygen atoms in total. The monoisotopic (exact) mass is 242 g/mol. The van der Waals surface area contributed by atoms with E-state index in [1.807, 2.05) is 0 Å². The lowest BCUT2D eigenvalue weighted by molar-refractivity contribution is -0.141. The van der Waals surface area contributed by atoms with Crippen LogP contribution < -0.4 is 5.32 Å². The summed E-state index contributed by atoms with van der Waals surface area (Å²) in [6.45, 7) is 6.23. The van der Waals surface area contributed by atoms with E-state index in [0.717, 1.165) is 6.54 Å². The third kappa shape index (κ3) is 3.91. The van der Waals surface area contributed by atoms with E-state index >= 15 is 0 Å². The van der Waals surface area contributed by atoms with Gasteiger partial charge in [-0.2, -0.15) is 0 Å². The van der Waals surface area contributed by atoms with Gasteiger partial charge >= 0.3 is 12.0 Å². The fourth-order valence-electron chi connectivity index (χ4n) is 1.73. The van der Waals surface area contributed by atoms with E-state index in [0.29, 0.717) is 11.8 Å². The van der Waals surface area contributed by atoms with Crippen molar-refractivity contribution in [1.82, 2.24) is 10.2 Å². The molecule has 0 bridgehead atoms. The highest BCUT2D eigenvalue weighted by Crippen LogP contribution is 2.37. The second kappa shape index (κ2) is 5.38. The molecule has 98 valence electrons. The van der Waals surface area contributed by atoms with Crippen molar-refractivity contribution in [2.24, 2.45) is 17.8 Å². The highest BCUT2D eigenvalue weighted by Gasteiger charge is 2.34. The number of nitrogens with one attached hydrogen (secondary N) is 1. The first-order valence-corrected chi connectivity index (χ1v) is 6.07. The van der Waals surface area contributed by atoms with Gasteiger partial charge < -0.3 is 15.3 Å². The smallest absolute Gasteiger partial charge is 0.317 e. The van der Waals surface area contributed by atoms with E-state index in [2.05, 4.69) is 12.2 Å². The lowest BCUT2D eigenvalue weighted by atomic mass is 10.0. The van der Waals surface area contributed by atoms with Crippen molar-refractivity contribution in [3.05, 3.63) is 0 Å². The highest BCUT2D eigenvalue weighted by molar-refractivity contribution is 5.76. The van der Waals surface area contributed by atoms with Crippen molar-refractivity contribution in [2.45, 2.75) is 33.2 Å². The summed E-state index contributed by atoms with van der Waals surface area (Å²) < 4.78 is 0. The van der Waals surface area contributed by atoms with Gasteiger partial charge in [-0.05, 0) is 32.1 Å². The van der Waals surface area contributed by atoms with Crippen molar-refractivity contribution in [1.29, 1.82) is 0 Å². The largest absolute Gasteiger partial charge is 0.481 e. The van der Waals surface area contributed by atoms with Crippen molar-refractivity contribution >= 4 is 12.0 Å². The summed E-state index contributed by atoms with van der Waals surface area (Å²) in [5.74, 6) is -0.151. The third-order valence-electron chi connectivity index (χ3n) is 3.62. The maximum atomic E-state index is 11.8. The van der Waals surface area contributed by atoms with Crippen LogP contribution >= 0.6 is 0 Å². The minimum atomic E-state index is -0.892. The zero-order valence-electron chi connectivity index (χ0n) is 10.9. The lowest BCUT2D eigenvalue weighted by Gasteiger charge is -2.23. The molecule has 4 atom stereocenters. The first-order chi connectivity index (χ1) is 7.82. The number of rotatable bonds is 5. The number of hydrogen-bond acceptors (Lipinski definition) is 2. The minimum Gasteiger partial charge on any atom is -0.481 e. The van der Waals surface area contributed by atoms with Crippen LogP contribution in [0.3, 0.4) is 0 Å². The van der Waals surface area contributed by atoms with E-state index in [4.69, 9.17) is 5.11 Å². The molecule has 0 saturated heterocycles. The number of carboxylic acids is 1. The summed E-state index contributed by atoms with van der Waals surface area (Å²) in [6, 6.07) is -0.552. The van der Waals surface area contributed by atoms with E-state index in [1.165, 1.54) is 6.42 Å². The van der Waals surface area contributed by atoms with E-state index in [-0.39, 0.29) is 12.1 Å². The maximum Gasteiger partial charge on any atom is 0.317 e. The minimum absolute atomic E-state index is 0.190. The number of nitrogens with zero attached hydrogens (tertiary/aromatic N) is 1. The number of carbonyl (C=O) groups excluding carboxylic acids is 1. The Hall–Kier alpha value is -1.26. The van der Waals surface area contributed by atoms with E-state index in [9.17, 15) is 9.59 Å². The fraction of sp³-hybridized carbons (Fsp3) is 0.833. The molecule has 0 heterocycles. The Morgan fingerprint density at radius 1 is 1.47 bits per heavy atom. The zero-order chi connectivity index (χ0) is 13.2. The predicted octanol–water partition coefficient (Wildman–Crippen LogP) is 1.39. The van der Waals surface area contributed by atoms with Gasteiger partial charge in [0.05, 0.1) is 5.92 Å². The van der Waals surface area contributed by atoms with Crippen molar-refractivity contribution < 1.29 is 14.7 Å². The van der Waals surface area contributed by atoms with Crippen molar-refractivity contribution in [2.75, 3.05) is 13.6 Å². The molecule has 0 aliphatic heterocycles. The van der Waals surface area contributed by atoms with Gasteiger partial charge in [-0.3, -0.25) is 4.79 Å². The van der Waals surface area contributed by atoms with Gasteiger partial charge in [-0.15, -0.1) is 0 Å². The molecule has 0 spiro atoms. The molecule has 0 aromatic carbocycles. The highest BCUT2D eigenvalue weighted by atomic mass is 16.4. The fourth-order valence-corrected chi connectivity index (χ4v) is 1.73. The first-order valence-electron chi connectivity index (χ1n) is 6.07. The van der Waals surface area contributed by atoms with Gasteiger partial charge in [0, 0.05) is 19.6 Å². The molecule has 1 rings (SSSR count). The molecule has 17 heavy (non-hydrogen) atoms. The summed E-state index contributed by atoms with van der Waals surface area (Å²) in [4.78, 5) is 24.2. The zero-order valence-corrected chi connectivity index (χ0v) is 10.9. The topological polar surface area (TPSA) is 69.6 Å². The average molecular weight is 242 g/mol. The Labute approximate surface area is 102 Å². The van der Waals surface area contributed by atoms with Gasteiger partial charge in [-0.25, -0.2) is 4.79 Å². The van der Waals surface area contributed by atoms with Crippen LogP contribution in [0.25, 0.3) is 0 Å². The van der Waals surface area contributed by atoms with Crippen molar-refractivity contribution in [3.8, 4) is 0 Å².